The highest BCUT2D eigenvalue weighted by Crippen LogP contribution is 2.32. The predicted octanol–water partition coefficient (Wildman–Crippen LogP) is 3.29. The molecule has 2 aromatic rings. The molecule has 2 aliphatic rings. The largest absolute Gasteiger partial charge is 0.352 e. The molecular weight excluding hydrogens is 374 g/mol. The first-order chi connectivity index (χ1) is 13.1. The van der Waals surface area contributed by atoms with E-state index in [1.165, 1.54) is 18.1 Å². The van der Waals surface area contributed by atoms with Crippen LogP contribution in [0.3, 0.4) is 0 Å². The van der Waals surface area contributed by atoms with Crippen LogP contribution >= 0.6 is 12.4 Å². The molecule has 5 nitrogen and oxygen atoms in total. The van der Waals surface area contributed by atoms with E-state index in [0.717, 1.165) is 29.8 Å². The van der Waals surface area contributed by atoms with Gasteiger partial charge in [-0.05, 0) is 33.9 Å². The average molecular weight is 398 g/mol. The predicted molar refractivity (Wildman–Crippen MR) is 111 cm³/mol. The van der Waals surface area contributed by atoms with Crippen LogP contribution in [0.1, 0.15) is 47.2 Å². The number of benzene rings is 2. The number of halogens is 1. The molecule has 2 aliphatic heterocycles. The lowest BCUT2D eigenvalue weighted by Crippen LogP contribution is -2.35. The smallest absolute Gasteiger partial charge is 0.223 e. The van der Waals surface area contributed by atoms with Crippen molar-refractivity contribution in [3.8, 4) is 0 Å². The summed E-state index contributed by atoms with van der Waals surface area (Å²) in [6.45, 7) is 3.82. The third-order valence-corrected chi connectivity index (χ3v) is 5.24. The van der Waals surface area contributed by atoms with E-state index >= 15 is 0 Å². The van der Waals surface area contributed by atoms with Gasteiger partial charge in [0.05, 0.1) is 12.5 Å². The third-order valence-electron chi connectivity index (χ3n) is 5.24. The van der Waals surface area contributed by atoms with Crippen molar-refractivity contribution in [1.82, 2.24) is 15.5 Å². The highest BCUT2D eigenvalue weighted by molar-refractivity contribution is 5.85. The van der Waals surface area contributed by atoms with E-state index in [1.807, 2.05) is 30.3 Å². The third kappa shape index (κ3) is 4.11. The van der Waals surface area contributed by atoms with Crippen LogP contribution in [-0.4, -0.2) is 16.7 Å². The Balaban J connectivity index is 0.00000225. The Kier molecular flexibility index (Phi) is 6.17. The Morgan fingerprint density at radius 1 is 1.14 bits per heavy atom. The number of hydrogen-bond acceptors (Lipinski definition) is 3. The molecular formula is C22H24ClN3O2. The zero-order valence-corrected chi connectivity index (χ0v) is 16.6. The van der Waals surface area contributed by atoms with Crippen molar-refractivity contribution in [2.75, 3.05) is 0 Å². The van der Waals surface area contributed by atoms with Gasteiger partial charge in [0.1, 0.15) is 0 Å². The highest BCUT2D eigenvalue weighted by atomic mass is 35.5. The molecule has 28 heavy (non-hydrogen) atoms. The Bertz CT molecular complexity index is 926. The van der Waals surface area contributed by atoms with Crippen molar-refractivity contribution in [3.05, 3.63) is 76.5 Å². The standard InChI is InChI=1S/C22H23N3O2.ClH/c1-15(26)25-9-8-17-4-2-3-5-20(17)21(25)11-22(27)24-12-16-6-7-18-13-23-14-19(18)10-16;/h2-10,21,23H,11-14H2,1H3,(H,24,27);1H. The molecule has 0 fully saturated rings. The fourth-order valence-corrected chi connectivity index (χ4v) is 3.82. The van der Waals surface area contributed by atoms with Gasteiger partial charge in [0.25, 0.3) is 0 Å². The number of hydrogen-bond donors (Lipinski definition) is 2. The van der Waals surface area contributed by atoms with Crippen molar-refractivity contribution < 1.29 is 9.59 Å². The Hall–Kier alpha value is -2.63. The second-order valence-corrected chi connectivity index (χ2v) is 7.07. The molecule has 0 radical (unpaired) electrons. The van der Waals surface area contributed by atoms with Crippen LogP contribution < -0.4 is 10.6 Å². The molecule has 6 heteroatoms. The summed E-state index contributed by atoms with van der Waals surface area (Å²) >= 11 is 0. The summed E-state index contributed by atoms with van der Waals surface area (Å²) in [7, 11) is 0. The van der Waals surface area contributed by atoms with Crippen LogP contribution in [0.25, 0.3) is 6.08 Å². The summed E-state index contributed by atoms with van der Waals surface area (Å²) in [5.41, 5.74) is 5.79. The van der Waals surface area contributed by atoms with Gasteiger partial charge in [0, 0.05) is 32.8 Å². The zero-order chi connectivity index (χ0) is 18.8. The molecule has 2 N–H and O–H groups in total. The van der Waals surface area contributed by atoms with E-state index < -0.39 is 0 Å². The Morgan fingerprint density at radius 2 is 1.93 bits per heavy atom. The van der Waals surface area contributed by atoms with Crippen LogP contribution in [0.15, 0.2) is 48.7 Å². The molecule has 0 saturated heterocycles. The number of nitrogens with one attached hydrogen (secondary N) is 2. The highest BCUT2D eigenvalue weighted by Gasteiger charge is 2.28. The van der Waals surface area contributed by atoms with Crippen LogP contribution in [0.5, 0.6) is 0 Å². The van der Waals surface area contributed by atoms with Crippen molar-refractivity contribution in [2.24, 2.45) is 0 Å². The van der Waals surface area contributed by atoms with Crippen LogP contribution in [0.4, 0.5) is 0 Å². The van der Waals surface area contributed by atoms with E-state index in [9.17, 15) is 9.59 Å². The van der Waals surface area contributed by atoms with Gasteiger partial charge in [0.15, 0.2) is 0 Å². The van der Waals surface area contributed by atoms with Crippen molar-refractivity contribution in [1.29, 1.82) is 0 Å². The second-order valence-electron chi connectivity index (χ2n) is 7.07. The summed E-state index contributed by atoms with van der Waals surface area (Å²) in [6.07, 6.45) is 3.94. The fraction of sp³-hybridized carbons (Fsp3) is 0.273. The fourth-order valence-electron chi connectivity index (χ4n) is 3.82. The van der Waals surface area contributed by atoms with Crippen molar-refractivity contribution in [3.63, 3.8) is 0 Å². The first kappa shape index (κ1) is 20.1. The summed E-state index contributed by atoms with van der Waals surface area (Å²) in [4.78, 5) is 26.3. The summed E-state index contributed by atoms with van der Waals surface area (Å²) in [5, 5.41) is 6.33. The molecule has 0 saturated carbocycles. The zero-order valence-electron chi connectivity index (χ0n) is 15.8. The van der Waals surface area contributed by atoms with Gasteiger partial charge in [-0.3, -0.25) is 9.59 Å². The second kappa shape index (κ2) is 8.59. The monoisotopic (exact) mass is 397 g/mol. The van der Waals surface area contributed by atoms with Gasteiger partial charge in [-0.15, -0.1) is 12.4 Å². The Morgan fingerprint density at radius 3 is 2.75 bits per heavy atom. The Labute approximate surface area is 171 Å². The molecule has 2 amide bonds. The molecule has 1 atom stereocenters. The van der Waals surface area contributed by atoms with Gasteiger partial charge < -0.3 is 15.5 Å². The maximum Gasteiger partial charge on any atom is 0.223 e. The number of nitrogens with zero attached hydrogens (tertiary/aromatic N) is 1. The van der Waals surface area contributed by atoms with Gasteiger partial charge in [-0.2, -0.15) is 0 Å². The van der Waals surface area contributed by atoms with Crippen LogP contribution in [-0.2, 0) is 29.2 Å². The van der Waals surface area contributed by atoms with Gasteiger partial charge >= 0.3 is 0 Å². The van der Waals surface area contributed by atoms with Gasteiger partial charge in [0.2, 0.25) is 11.8 Å². The number of carbonyl (C=O) groups excluding carboxylic acids is 2. The minimum Gasteiger partial charge on any atom is -0.352 e. The molecule has 0 bridgehead atoms. The lowest BCUT2D eigenvalue weighted by Gasteiger charge is -2.32. The van der Waals surface area contributed by atoms with E-state index in [4.69, 9.17) is 0 Å². The minimum absolute atomic E-state index is 0. The molecule has 2 aromatic carbocycles. The lowest BCUT2D eigenvalue weighted by molar-refractivity contribution is -0.130. The lowest BCUT2D eigenvalue weighted by atomic mass is 9.93. The quantitative estimate of drug-likeness (QED) is 0.832. The number of amides is 2. The minimum atomic E-state index is -0.270. The van der Waals surface area contributed by atoms with Crippen molar-refractivity contribution in [2.45, 2.75) is 39.0 Å². The number of rotatable bonds is 4. The molecule has 1 unspecified atom stereocenters. The van der Waals surface area contributed by atoms with Crippen molar-refractivity contribution >= 4 is 30.3 Å². The SMILES string of the molecule is CC(=O)N1C=Cc2ccccc2C1CC(=O)NCc1ccc2c(c1)CNC2.Cl. The molecule has 4 rings (SSSR count). The molecule has 0 aliphatic carbocycles. The molecule has 146 valence electrons. The maximum absolute atomic E-state index is 12.6. The summed E-state index contributed by atoms with van der Waals surface area (Å²) in [6, 6.07) is 14.0. The van der Waals surface area contributed by atoms with E-state index in [0.29, 0.717) is 6.54 Å². The van der Waals surface area contributed by atoms with Gasteiger partial charge in [-0.25, -0.2) is 0 Å². The van der Waals surface area contributed by atoms with E-state index in [-0.39, 0.29) is 36.7 Å². The van der Waals surface area contributed by atoms with E-state index in [1.54, 1.807) is 11.1 Å². The molecule has 0 aromatic heterocycles. The maximum atomic E-state index is 12.6. The molecule has 0 spiro atoms. The first-order valence-corrected chi connectivity index (χ1v) is 9.26. The van der Waals surface area contributed by atoms with Crippen LogP contribution in [0.2, 0.25) is 0 Å². The normalized spacial score (nSPS) is 16.8. The average Bonchev–Trinajstić information content (AvgIpc) is 3.14. The summed E-state index contributed by atoms with van der Waals surface area (Å²) in [5.74, 6) is -0.125. The first-order valence-electron chi connectivity index (χ1n) is 9.26. The van der Waals surface area contributed by atoms with Crippen LogP contribution in [0, 0.1) is 0 Å². The molecule has 2 heterocycles. The topological polar surface area (TPSA) is 61.4 Å². The van der Waals surface area contributed by atoms with E-state index in [2.05, 4.69) is 28.8 Å². The number of fused-ring (bicyclic) bond motifs is 2. The van der Waals surface area contributed by atoms with Gasteiger partial charge in [-0.1, -0.05) is 42.5 Å². The number of carbonyl (C=O) groups is 2. The summed E-state index contributed by atoms with van der Waals surface area (Å²) < 4.78 is 0.